The van der Waals surface area contributed by atoms with E-state index in [9.17, 15) is 19.7 Å². The minimum atomic E-state index is -2.12. The molecule has 30 heavy (non-hydrogen) atoms. The molecule has 0 atom stereocenters. The number of carbonyl (C=O) groups is 2. The molecule has 3 aromatic rings. The SMILES string of the molecule is O=C(Nc1nnc(-c2ccc([N+](=O)[O-])cc2)o1)c1ccc(NC(=O)C(Cl)(Cl)Cl)cc1. The second-order valence-corrected chi connectivity index (χ2v) is 7.98. The van der Waals surface area contributed by atoms with Crippen LogP contribution < -0.4 is 10.6 Å². The fraction of sp³-hybridized carbons (Fsp3) is 0.0588. The molecule has 0 saturated carbocycles. The van der Waals surface area contributed by atoms with E-state index in [2.05, 4.69) is 20.8 Å². The van der Waals surface area contributed by atoms with Gasteiger partial charge in [-0.3, -0.25) is 25.0 Å². The lowest BCUT2D eigenvalue weighted by atomic mass is 10.2. The van der Waals surface area contributed by atoms with Crippen LogP contribution in [0, 0.1) is 10.1 Å². The second-order valence-electron chi connectivity index (χ2n) is 5.70. The summed E-state index contributed by atoms with van der Waals surface area (Å²) in [6.45, 7) is 0. The van der Waals surface area contributed by atoms with E-state index in [-0.39, 0.29) is 23.2 Å². The van der Waals surface area contributed by atoms with Gasteiger partial charge in [-0.05, 0) is 36.4 Å². The number of nitro benzene ring substituents is 1. The minimum Gasteiger partial charge on any atom is -0.403 e. The molecular weight excluding hydrogens is 461 g/mol. The van der Waals surface area contributed by atoms with Crippen molar-refractivity contribution in [1.82, 2.24) is 10.2 Å². The van der Waals surface area contributed by atoms with Crippen LogP contribution in [0.5, 0.6) is 0 Å². The number of anilines is 2. The summed E-state index contributed by atoms with van der Waals surface area (Å²) in [5.74, 6) is -1.31. The van der Waals surface area contributed by atoms with Gasteiger partial charge < -0.3 is 9.73 Å². The molecule has 0 fully saturated rings. The van der Waals surface area contributed by atoms with E-state index in [1.165, 1.54) is 48.5 Å². The molecule has 3 rings (SSSR count). The summed E-state index contributed by atoms with van der Waals surface area (Å²) in [6, 6.07) is 11.1. The highest BCUT2D eigenvalue weighted by Gasteiger charge is 2.30. The third-order valence-electron chi connectivity index (χ3n) is 3.63. The van der Waals surface area contributed by atoms with Crippen molar-refractivity contribution in [2.45, 2.75) is 3.79 Å². The standard InChI is InChI=1S/C17H10Cl3N5O5/c18-17(19,20)15(27)21-11-5-1-9(2-6-11)13(26)22-16-24-23-14(30-16)10-3-7-12(8-4-10)25(28)29/h1-8H,(H,21,27)(H,22,24,26). The first kappa shape index (κ1) is 21.5. The van der Waals surface area contributed by atoms with Gasteiger partial charge in [0.15, 0.2) is 0 Å². The first-order valence-electron chi connectivity index (χ1n) is 8.01. The molecule has 0 aliphatic heterocycles. The molecule has 1 heterocycles. The molecule has 2 aromatic carbocycles. The summed E-state index contributed by atoms with van der Waals surface area (Å²) in [5.41, 5.74) is 0.918. The number of non-ortho nitro benzene ring substituents is 1. The van der Waals surface area contributed by atoms with Crippen LogP contribution in [0.2, 0.25) is 0 Å². The quantitative estimate of drug-likeness (QED) is 0.323. The zero-order chi connectivity index (χ0) is 21.9. The molecule has 0 bridgehead atoms. The van der Waals surface area contributed by atoms with E-state index < -0.39 is 20.5 Å². The molecule has 0 aliphatic carbocycles. The van der Waals surface area contributed by atoms with Crippen molar-refractivity contribution < 1.29 is 18.9 Å². The molecular formula is C17H10Cl3N5O5. The molecule has 2 amide bonds. The number of hydrogen-bond acceptors (Lipinski definition) is 7. The monoisotopic (exact) mass is 469 g/mol. The largest absolute Gasteiger partial charge is 0.403 e. The highest BCUT2D eigenvalue weighted by Crippen LogP contribution is 2.28. The average molecular weight is 471 g/mol. The van der Waals surface area contributed by atoms with E-state index in [1.807, 2.05) is 0 Å². The highest BCUT2D eigenvalue weighted by molar-refractivity contribution is 6.76. The maximum atomic E-state index is 12.3. The maximum Gasteiger partial charge on any atom is 0.322 e. The van der Waals surface area contributed by atoms with Crippen LogP contribution in [0.1, 0.15) is 10.4 Å². The normalized spacial score (nSPS) is 11.0. The Bertz CT molecular complexity index is 1090. The lowest BCUT2D eigenvalue weighted by Crippen LogP contribution is -2.26. The van der Waals surface area contributed by atoms with Crippen molar-refractivity contribution in [3.05, 3.63) is 64.2 Å². The van der Waals surface area contributed by atoms with Crippen molar-refractivity contribution in [3.63, 3.8) is 0 Å². The Kier molecular flexibility index (Phi) is 6.20. The molecule has 0 spiro atoms. The molecule has 0 saturated heterocycles. The number of aromatic nitrogens is 2. The van der Waals surface area contributed by atoms with Crippen molar-refractivity contribution in [2.24, 2.45) is 0 Å². The third kappa shape index (κ3) is 5.23. The molecule has 154 valence electrons. The van der Waals surface area contributed by atoms with Crippen LogP contribution in [0.4, 0.5) is 17.4 Å². The fourth-order valence-electron chi connectivity index (χ4n) is 2.19. The Labute approximate surface area is 183 Å². The molecule has 0 radical (unpaired) electrons. The predicted octanol–water partition coefficient (Wildman–Crippen LogP) is 4.21. The van der Waals surface area contributed by atoms with Gasteiger partial charge in [-0.15, -0.1) is 5.10 Å². The van der Waals surface area contributed by atoms with Gasteiger partial charge in [-0.25, -0.2) is 0 Å². The summed E-state index contributed by atoms with van der Waals surface area (Å²) in [7, 11) is 0. The maximum absolute atomic E-state index is 12.3. The van der Waals surface area contributed by atoms with Gasteiger partial charge in [0.2, 0.25) is 5.89 Å². The number of carbonyl (C=O) groups excluding carboxylic acids is 2. The third-order valence-corrected chi connectivity index (χ3v) is 4.15. The van der Waals surface area contributed by atoms with Crippen LogP contribution in [0.3, 0.4) is 0 Å². The van der Waals surface area contributed by atoms with Crippen LogP contribution in [0.25, 0.3) is 11.5 Å². The van der Waals surface area contributed by atoms with Gasteiger partial charge in [-0.1, -0.05) is 39.9 Å². The molecule has 0 aliphatic rings. The number of nitrogens with zero attached hydrogens (tertiary/aromatic N) is 3. The first-order valence-corrected chi connectivity index (χ1v) is 9.15. The summed E-state index contributed by atoms with van der Waals surface area (Å²) in [5, 5.41) is 23.0. The summed E-state index contributed by atoms with van der Waals surface area (Å²) >= 11 is 16.4. The Morgan fingerprint density at radius 2 is 1.60 bits per heavy atom. The van der Waals surface area contributed by atoms with Crippen molar-refractivity contribution in [3.8, 4) is 11.5 Å². The number of rotatable bonds is 5. The summed E-state index contributed by atoms with van der Waals surface area (Å²) in [4.78, 5) is 34.1. The van der Waals surface area contributed by atoms with Gasteiger partial charge in [0, 0.05) is 28.9 Å². The van der Waals surface area contributed by atoms with Crippen LogP contribution in [-0.4, -0.2) is 30.7 Å². The number of amides is 2. The van der Waals surface area contributed by atoms with Crippen molar-refractivity contribution in [2.75, 3.05) is 10.6 Å². The first-order chi connectivity index (χ1) is 14.1. The van der Waals surface area contributed by atoms with Crippen molar-refractivity contribution in [1.29, 1.82) is 0 Å². The predicted molar refractivity (Wildman–Crippen MR) is 110 cm³/mol. The number of halogens is 3. The van der Waals surface area contributed by atoms with Crippen molar-refractivity contribution >= 4 is 64.0 Å². The molecule has 1 aromatic heterocycles. The zero-order valence-corrected chi connectivity index (χ0v) is 16.9. The number of nitrogens with one attached hydrogen (secondary N) is 2. The summed E-state index contributed by atoms with van der Waals surface area (Å²) in [6.07, 6.45) is 0. The molecule has 0 unspecified atom stereocenters. The number of alkyl halides is 3. The van der Waals surface area contributed by atoms with E-state index >= 15 is 0 Å². The fourth-order valence-corrected chi connectivity index (χ4v) is 2.33. The lowest BCUT2D eigenvalue weighted by molar-refractivity contribution is -0.384. The van der Waals surface area contributed by atoms with Crippen LogP contribution in [-0.2, 0) is 4.79 Å². The van der Waals surface area contributed by atoms with Gasteiger partial charge in [0.05, 0.1) is 4.92 Å². The topological polar surface area (TPSA) is 140 Å². The van der Waals surface area contributed by atoms with Gasteiger partial charge in [-0.2, -0.15) is 0 Å². The lowest BCUT2D eigenvalue weighted by Gasteiger charge is -2.11. The minimum absolute atomic E-state index is 0.0740. The second kappa shape index (κ2) is 8.66. The molecule has 13 heteroatoms. The van der Waals surface area contributed by atoms with E-state index in [4.69, 9.17) is 39.2 Å². The van der Waals surface area contributed by atoms with Gasteiger partial charge >= 0.3 is 6.01 Å². The van der Waals surface area contributed by atoms with Gasteiger partial charge in [0.25, 0.3) is 21.3 Å². The van der Waals surface area contributed by atoms with E-state index in [0.717, 1.165) is 0 Å². The Balaban J connectivity index is 1.65. The highest BCUT2D eigenvalue weighted by atomic mass is 35.6. The smallest absolute Gasteiger partial charge is 0.322 e. The Morgan fingerprint density at radius 1 is 0.967 bits per heavy atom. The number of nitro groups is 1. The van der Waals surface area contributed by atoms with Crippen LogP contribution >= 0.6 is 34.8 Å². The van der Waals surface area contributed by atoms with E-state index in [1.54, 1.807) is 0 Å². The molecule has 2 N–H and O–H groups in total. The zero-order valence-electron chi connectivity index (χ0n) is 14.6. The average Bonchev–Trinajstić information content (AvgIpc) is 3.16. The number of benzene rings is 2. The Morgan fingerprint density at radius 3 is 2.17 bits per heavy atom. The summed E-state index contributed by atoms with van der Waals surface area (Å²) < 4.78 is 3.24. The van der Waals surface area contributed by atoms with Gasteiger partial charge in [0.1, 0.15) is 0 Å². The Hall–Kier alpha value is -3.21. The van der Waals surface area contributed by atoms with E-state index in [0.29, 0.717) is 11.3 Å². The van der Waals surface area contributed by atoms with Crippen LogP contribution in [0.15, 0.2) is 52.9 Å². The molecule has 10 nitrogen and oxygen atoms in total. The number of hydrogen-bond donors (Lipinski definition) is 2.